The molecular weight excluding hydrogens is 388 g/mol. The molecule has 1 fully saturated rings. The van der Waals surface area contributed by atoms with E-state index in [-0.39, 0.29) is 17.7 Å². The lowest BCUT2D eigenvalue weighted by atomic mass is 9.65. The second-order valence-corrected chi connectivity index (χ2v) is 8.37. The zero-order chi connectivity index (χ0) is 23.7. The Morgan fingerprint density at radius 3 is 2.39 bits per heavy atom. The van der Waals surface area contributed by atoms with Crippen molar-refractivity contribution >= 4 is 11.8 Å². The minimum Gasteiger partial charge on any atom is -0.469 e. The van der Waals surface area contributed by atoms with Gasteiger partial charge in [-0.1, -0.05) is 65.7 Å². The summed E-state index contributed by atoms with van der Waals surface area (Å²) < 4.78 is 10.4. The molecule has 0 aliphatic heterocycles. The minimum absolute atomic E-state index is 0.0853. The Morgan fingerprint density at radius 2 is 1.84 bits per heavy atom. The van der Waals surface area contributed by atoms with E-state index in [4.69, 9.17) is 4.74 Å². The number of carbonyl (C=O) groups is 2. The number of ketones is 1. The largest absolute Gasteiger partial charge is 0.469 e. The van der Waals surface area contributed by atoms with Crippen LogP contribution < -0.4 is 0 Å². The molecule has 0 bridgehead atoms. The van der Waals surface area contributed by atoms with Crippen LogP contribution in [0.5, 0.6) is 0 Å². The normalized spacial score (nSPS) is 22.1. The molecule has 0 spiro atoms. The molecule has 0 heterocycles. The van der Waals surface area contributed by atoms with Crippen molar-refractivity contribution in [3.63, 3.8) is 0 Å². The lowest BCUT2D eigenvalue weighted by Crippen LogP contribution is -2.39. The third-order valence-electron chi connectivity index (χ3n) is 6.49. The summed E-state index contributed by atoms with van der Waals surface area (Å²) in [5, 5.41) is 0. The Hall–Kier alpha value is -1.42. The second-order valence-electron chi connectivity index (χ2n) is 8.37. The number of allylic oxidation sites excluding steroid dienone is 4. The van der Waals surface area contributed by atoms with Crippen molar-refractivity contribution in [1.82, 2.24) is 0 Å². The topological polar surface area (TPSA) is 52.6 Å². The van der Waals surface area contributed by atoms with Gasteiger partial charge in [0, 0.05) is 19.4 Å². The van der Waals surface area contributed by atoms with Crippen molar-refractivity contribution in [2.24, 2.45) is 17.3 Å². The van der Waals surface area contributed by atoms with Crippen LogP contribution >= 0.6 is 0 Å². The van der Waals surface area contributed by atoms with E-state index in [1.54, 1.807) is 6.08 Å². The molecule has 2 aliphatic carbocycles. The van der Waals surface area contributed by atoms with E-state index in [0.717, 1.165) is 38.5 Å². The molecule has 3 atom stereocenters. The maximum atomic E-state index is 12.2. The summed E-state index contributed by atoms with van der Waals surface area (Å²) in [6, 6.07) is 0. The molecule has 180 valence electrons. The number of methoxy groups -OCH3 is 2. The molecule has 1 unspecified atom stereocenters. The van der Waals surface area contributed by atoms with Crippen molar-refractivity contribution < 1.29 is 19.1 Å². The molecule has 0 aromatic carbocycles. The van der Waals surface area contributed by atoms with Crippen molar-refractivity contribution in [3.8, 4) is 0 Å². The zero-order valence-electron chi connectivity index (χ0n) is 21.2. The average molecular weight is 437 g/mol. The number of unbranched alkanes of at least 4 members (excludes halogenated alkanes) is 1. The first-order valence-corrected chi connectivity index (χ1v) is 12.5. The summed E-state index contributed by atoms with van der Waals surface area (Å²) in [7, 11) is 3.25. The minimum atomic E-state index is -0.163. The van der Waals surface area contributed by atoms with E-state index in [0.29, 0.717) is 23.9 Å². The smallest absolute Gasteiger partial charge is 0.305 e. The Kier molecular flexibility index (Phi) is 16.4. The van der Waals surface area contributed by atoms with Crippen molar-refractivity contribution in [2.45, 2.75) is 105 Å². The maximum absolute atomic E-state index is 12.2. The molecule has 0 radical (unpaired) electrons. The fourth-order valence-electron chi connectivity index (χ4n) is 4.45. The standard InChI is InChI=1S/C23H36O4.2C2H6/c1-23(16-9-17-23)21(26-2)12-8-10-18-14-15-20(24)19(18)11-6-4-5-7-13-22(25)27-3;2*1-2/h4,6,14-15,18-19,21H,5,7-13,16-17H2,1-3H3;2*1-2H3/b6-4-;;/t18-,19+,21?;;/m0../s1. The molecule has 4 heteroatoms. The van der Waals surface area contributed by atoms with E-state index >= 15 is 0 Å². The molecular formula is C27H48O4. The molecule has 0 amide bonds. The van der Waals surface area contributed by atoms with Gasteiger partial charge in [-0.3, -0.25) is 9.59 Å². The summed E-state index contributed by atoms with van der Waals surface area (Å²) in [6.07, 6.45) is 18.4. The van der Waals surface area contributed by atoms with E-state index in [1.165, 1.54) is 26.4 Å². The number of esters is 1. The van der Waals surface area contributed by atoms with Gasteiger partial charge in [-0.25, -0.2) is 0 Å². The van der Waals surface area contributed by atoms with Gasteiger partial charge in [-0.15, -0.1) is 0 Å². The number of hydrogen-bond acceptors (Lipinski definition) is 4. The van der Waals surface area contributed by atoms with Crippen LogP contribution in [0.25, 0.3) is 0 Å². The van der Waals surface area contributed by atoms with Crippen LogP contribution in [0, 0.1) is 17.3 Å². The quantitative estimate of drug-likeness (QED) is 0.186. The molecule has 4 nitrogen and oxygen atoms in total. The van der Waals surface area contributed by atoms with E-state index in [9.17, 15) is 9.59 Å². The molecule has 0 saturated heterocycles. The highest BCUT2D eigenvalue weighted by Crippen LogP contribution is 2.46. The predicted octanol–water partition coefficient (Wildman–Crippen LogP) is 7.08. The highest BCUT2D eigenvalue weighted by atomic mass is 16.5. The van der Waals surface area contributed by atoms with Gasteiger partial charge < -0.3 is 9.47 Å². The van der Waals surface area contributed by atoms with Crippen LogP contribution in [-0.4, -0.2) is 32.1 Å². The molecule has 2 rings (SSSR count). The van der Waals surface area contributed by atoms with Gasteiger partial charge in [0.05, 0.1) is 13.2 Å². The first-order valence-electron chi connectivity index (χ1n) is 12.5. The van der Waals surface area contributed by atoms with Crippen LogP contribution in [0.15, 0.2) is 24.3 Å². The third-order valence-corrected chi connectivity index (χ3v) is 6.49. The van der Waals surface area contributed by atoms with Crippen LogP contribution in [0.4, 0.5) is 0 Å². The van der Waals surface area contributed by atoms with E-state index < -0.39 is 0 Å². The number of ether oxygens (including phenoxy) is 2. The lowest BCUT2D eigenvalue weighted by Gasteiger charge is -2.44. The highest BCUT2D eigenvalue weighted by molar-refractivity contribution is 5.94. The summed E-state index contributed by atoms with van der Waals surface area (Å²) in [6.45, 7) is 10.3. The molecule has 1 saturated carbocycles. The zero-order valence-corrected chi connectivity index (χ0v) is 21.2. The average Bonchev–Trinajstić information content (AvgIpc) is 3.13. The van der Waals surface area contributed by atoms with Crippen LogP contribution in [0.2, 0.25) is 0 Å². The van der Waals surface area contributed by atoms with Gasteiger partial charge in [0.1, 0.15) is 0 Å². The molecule has 0 N–H and O–H groups in total. The van der Waals surface area contributed by atoms with Gasteiger partial charge in [0.2, 0.25) is 0 Å². The Balaban J connectivity index is 0.00000212. The van der Waals surface area contributed by atoms with Gasteiger partial charge in [-0.05, 0) is 62.4 Å². The summed E-state index contributed by atoms with van der Waals surface area (Å²) in [4.78, 5) is 23.3. The maximum Gasteiger partial charge on any atom is 0.305 e. The SMILES string of the molecule is CC.CC.COC(=O)CCC/C=C\C[C@H]1C(=O)C=C[C@@H]1CCCC(OC)C1(C)CCC1. The Labute approximate surface area is 191 Å². The molecule has 0 aromatic rings. The second kappa shape index (κ2) is 17.2. The molecule has 2 aliphatic rings. The highest BCUT2D eigenvalue weighted by Gasteiger charge is 2.39. The third kappa shape index (κ3) is 10.2. The summed E-state index contributed by atoms with van der Waals surface area (Å²) in [5.74, 6) is 0.531. The van der Waals surface area contributed by atoms with Crippen LogP contribution in [-0.2, 0) is 19.1 Å². The fraction of sp³-hybridized carbons (Fsp3) is 0.778. The predicted molar refractivity (Wildman–Crippen MR) is 130 cm³/mol. The van der Waals surface area contributed by atoms with E-state index in [2.05, 4.69) is 29.9 Å². The lowest BCUT2D eigenvalue weighted by molar-refractivity contribution is -0.140. The monoisotopic (exact) mass is 436 g/mol. The Bertz CT molecular complexity index is 545. The van der Waals surface area contributed by atoms with Gasteiger partial charge in [0.25, 0.3) is 0 Å². The van der Waals surface area contributed by atoms with Crippen molar-refractivity contribution in [2.75, 3.05) is 14.2 Å². The Morgan fingerprint density at radius 1 is 1.16 bits per heavy atom. The first-order chi connectivity index (χ1) is 15.0. The summed E-state index contributed by atoms with van der Waals surface area (Å²) >= 11 is 0. The first kappa shape index (κ1) is 29.6. The number of rotatable bonds is 12. The van der Waals surface area contributed by atoms with Crippen LogP contribution in [0.1, 0.15) is 98.8 Å². The molecule has 0 aromatic heterocycles. The van der Waals surface area contributed by atoms with Gasteiger partial charge in [-0.2, -0.15) is 0 Å². The van der Waals surface area contributed by atoms with Crippen molar-refractivity contribution in [1.29, 1.82) is 0 Å². The number of hydrogen-bond donors (Lipinski definition) is 0. The number of carbonyl (C=O) groups excluding carboxylic acids is 2. The van der Waals surface area contributed by atoms with Crippen molar-refractivity contribution in [3.05, 3.63) is 24.3 Å². The van der Waals surface area contributed by atoms with Gasteiger partial charge >= 0.3 is 5.97 Å². The molecule has 31 heavy (non-hydrogen) atoms. The summed E-state index contributed by atoms with van der Waals surface area (Å²) in [5.41, 5.74) is 0.364. The fourth-order valence-corrected chi connectivity index (χ4v) is 4.45. The van der Waals surface area contributed by atoms with Crippen LogP contribution in [0.3, 0.4) is 0 Å². The van der Waals surface area contributed by atoms with Gasteiger partial charge in [0.15, 0.2) is 5.78 Å². The van der Waals surface area contributed by atoms with E-state index in [1.807, 2.05) is 34.8 Å².